The average molecular weight is 381 g/mol. The van der Waals surface area contributed by atoms with Crippen LogP contribution in [0.25, 0.3) is 0 Å². The number of carbonyl (C=O) groups is 2. The second-order valence-electron chi connectivity index (χ2n) is 6.77. The Morgan fingerprint density at radius 3 is 2.79 bits per heavy atom. The number of methoxy groups -OCH3 is 1. The molecule has 8 nitrogen and oxygen atoms in total. The molecular formula is C20H19N3O5. The summed E-state index contributed by atoms with van der Waals surface area (Å²) in [5, 5.41) is 9.63. The van der Waals surface area contributed by atoms with Crippen molar-refractivity contribution in [2.45, 2.75) is 18.9 Å². The second-order valence-corrected chi connectivity index (χ2v) is 6.77. The predicted molar refractivity (Wildman–Crippen MR) is 103 cm³/mol. The number of fused-ring (bicyclic) bond motifs is 1. The first-order chi connectivity index (χ1) is 13.5. The van der Waals surface area contributed by atoms with Gasteiger partial charge < -0.3 is 24.9 Å². The fraction of sp³-hybridized carbons (Fsp3) is 0.250. The zero-order valence-electron chi connectivity index (χ0n) is 15.4. The highest BCUT2D eigenvalue weighted by atomic mass is 16.7. The van der Waals surface area contributed by atoms with E-state index in [1.54, 1.807) is 32.2 Å². The molecule has 1 atom stereocenters. The van der Waals surface area contributed by atoms with Crippen molar-refractivity contribution in [3.8, 4) is 11.5 Å². The topological polar surface area (TPSA) is 98.2 Å². The van der Waals surface area contributed by atoms with E-state index in [4.69, 9.17) is 14.3 Å². The fourth-order valence-corrected chi connectivity index (χ4v) is 3.02. The van der Waals surface area contributed by atoms with Crippen LogP contribution in [0, 0.1) is 0 Å². The minimum absolute atomic E-state index is 0.0513. The van der Waals surface area contributed by atoms with Gasteiger partial charge in [-0.05, 0) is 48.9 Å². The van der Waals surface area contributed by atoms with E-state index < -0.39 is 5.60 Å². The van der Waals surface area contributed by atoms with E-state index in [1.807, 2.05) is 24.3 Å². The Morgan fingerprint density at radius 2 is 2.04 bits per heavy atom. The first kappa shape index (κ1) is 17.8. The minimum Gasteiger partial charge on any atom is -0.497 e. The second kappa shape index (κ2) is 6.88. The van der Waals surface area contributed by atoms with Gasteiger partial charge in [0.25, 0.3) is 11.8 Å². The van der Waals surface area contributed by atoms with Gasteiger partial charge in [-0.25, -0.2) is 0 Å². The SMILES string of the molecule is COc1ccc(C2=NOC(C)(C(=O)Nc3ccc4c(c3)OCC(=O)N4)C2)cc1. The third-order valence-electron chi connectivity index (χ3n) is 4.64. The molecule has 2 aliphatic rings. The third-order valence-corrected chi connectivity index (χ3v) is 4.64. The number of hydrogen-bond acceptors (Lipinski definition) is 6. The summed E-state index contributed by atoms with van der Waals surface area (Å²) >= 11 is 0. The summed E-state index contributed by atoms with van der Waals surface area (Å²) in [6.07, 6.45) is 0.336. The Morgan fingerprint density at radius 1 is 1.25 bits per heavy atom. The van der Waals surface area contributed by atoms with Crippen molar-refractivity contribution in [2.24, 2.45) is 5.16 Å². The Labute approximate surface area is 161 Å². The summed E-state index contributed by atoms with van der Waals surface area (Å²) in [4.78, 5) is 29.6. The third kappa shape index (κ3) is 3.36. The highest BCUT2D eigenvalue weighted by molar-refractivity contribution is 6.08. The lowest BCUT2D eigenvalue weighted by atomic mass is 9.95. The van der Waals surface area contributed by atoms with E-state index in [9.17, 15) is 9.59 Å². The van der Waals surface area contributed by atoms with Crippen LogP contribution in [0.15, 0.2) is 47.6 Å². The van der Waals surface area contributed by atoms with Gasteiger partial charge in [0.1, 0.15) is 11.5 Å². The van der Waals surface area contributed by atoms with Crippen molar-refractivity contribution < 1.29 is 23.9 Å². The molecule has 0 aliphatic carbocycles. The van der Waals surface area contributed by atoms with Crippen molar-refractivity contribution in [3.05, 3.63) is 48.0 Å². The molecule has 0 aromatic heterocycles. The van der Waals surface area contributed by atoms with Gasteiger partial charge in [0, 0.05) is 18.2 Å². The molecule has 1 unspecified atom stereocenters. The van der Waals surface area contributed by atoms with Crippen molar-refractivity contribution in [2.75, 3.05) is 24.4 Å². The summed E-state index contributed by atoms with van der Waals surface area (Å²) in [7, 11) is 1.60. The smallest absolute Gasteiger partial charge is 0.271 e. The highest BCUT2D eigenvalue weighted by Gasteiger charge is 2.42. The molecule has 2 heterocycles. The molecule has 144 valence electrons. The number of oxime groups is 1. The number of hydrogen-bond donors (Lipinski definition) is 2. The molecule has 2 aliphatic heterocycles. The lowest BCUT2D eigenvalue weighted by Gasteiger charge is -2.22. The van der Waals surface area contributed by atoms with E-state index >= 15 is 0 Å². The van der Waals surface area contributed by atoms with E-state index in [-0.39, 0.29) is 18.4 Å². The summed E-state index contributed by atoms with van der Waals surface area (Å²) in [6, 6.07) is 12.4. The molecule has 0 radical (unpaired) electrons. The number of nitrogens with one attached hydrogen (secondary N) is 2. The minimum atomic E-state index is -1.12. The van der Waals surface area contributed by atoms with Gasteiger partial charge in [-0.3, -0.25) is 9.59 Å². The van der Waals surface area contributed by atoms with Crippen LogP contribution < -0.4 is 20.1 Å². The zero-order chi connectivity index (χ0) is 19.7. The van der Waals surface area contributed by atoms with Gasteiger partial charge in [-0.15, -0.1) is 0 Å². The average Bonchev–Trinajstić information content (AvgIpc) is 3.12. The van der Waals surface area contributed by atoms with Gasteiger partial charge in [0.05, 0.1) is 18.5 Å². The van der Waals surface area contributed by atoms with Crippen LogP contribution in [0.2, 0.25) is 0 Å². The lowest BCUT2D eigenvalue weighted by molar-refractivity contribution is -0.135. The molecule has 4 rings (SSSR count). The van der Waals surface area contributed by atoms with E-state index in [0.717, 1.165) is 11.3 Å². The van der Waals surface area contributed by atoms with Gasteiger partial charge in [-0.2, -0.15) is 0 Å². The molecule has 2 aromatic carbocycles. The van der Waals surface area contributed by atoms with Crippen LogP contribution in [0.1, 0.15) is 18.9 Å². The monoisotopic (exact) mass is 381 g/mol. The number of nitrogens with zero attached hydrogens (tertiary/aromatic N) is 1. The highest BCUT2D eigenvalue weighted by Crippen LogP contribution is 2.32. The van der Waals surface area contributed by atoms with Crippen LogP contribution in [0.3, 0.4) is 0 Å². The summed E-state index contributed by atoms with van der Waals surface area (Å²) in [5.41, 5.74) is 1.55. The van der Waals surface area contributed by atoms with Gasteiger partial charge in [-0.1, -0.05) is 5.16 Å². The maximum Gasteiger partial charge on any atom is 0.271 e. The lowest BCUT2D eigenvalue weighted by Crippen LogP contribution is -2.40. The van der Waals surface area contributed by atoms with Crippen molar-refractivity contribution in [1.82, 2.24) is 0 Å². The number of ether oxygens (including phenoxy) is 2. The Balaban J connectivity index is 1.44. The van der Waals surface area contributed by atoms with Crippen LogP contribution in [-0.2, 0) is 14.4 Å². The van der Waals surface area contributed by atoms with Crippen molar-refractivity contribution >= 4 is 28.9 Å². The summed E-state index contributed by atoms with van der Waals surface area (Å²) in [5.74, 6) is 0.721. The molecule has 0 saturated heterocycles. The maximum atomic E-state index is 12.8. The number of carbonyl (C=O) groups excluding carboxylic acids is 2. The molecular weight excluding hydrogens is 362 g/mol. The van der Waals surface area contributed by atoms with Crippen LogP contribution in [-0.4, -0.2) is 36.8 Å². The first-order valence-electron chi connectivity index (χ1n) is 8.74. The molecule has 28 heavy (non-hydrogen) atoms. The Hall–Kier alpha value is -3.55. The van der Waals surface area contributed by atoms with E-state index in [0.29, 0.717) is 29.3 Å². The molecule has 2 amide bonds. The maximum absolute atomic E-state index is 12.8. The molecule has 2 N–H and O–H groups in total. The summed E-state index contributed by atoms with van der Waals surface area (Å²) < 4.78 is 10.5. The number of benzene rings is 2. The van der Waals surface area contributed by atoms with Gasteiger partial charge in [0.15, 0.2) is 6.61 Å². The quantitative estimate of drug-likeness (QED) is 0.848. The molecule has 0 bridgehead atoms. The van der Waals surface area contributed by atoms with Gasteiger partial charge in [0.2, 0.25) is 5.60 Å². The molecule has 0 saturated carbocycles. The molecule has 2 aromatic rings. The largest absolute Gasteiger partial charge is 0.497 e. The number of rotatable bonds is 4. The zero-order valence-corrected chi connectivity index (χ0v) is 15.4. The first-order valence-corrected chi connectivity index (χ1v) is 8.74. The normalized spacial score (nSPS) is 20.2. The van der Waals surface area contributed by atoms with Crippen molar-refractivity contribution in [3.63, 3.8) is 0 Å². The molecule has 8 heteroatoms. The predicted octanol–water partition coefficient (Wildman–Crippen LogP) is 2.55. The van der Waals surface area contributed by atoms with Crippen LogP contribution >= 0.6 is 0 Å². The Kier molecular flexibility index (Phi) is 4.38. The number of anilines is 2. The fourth-order valence-electron chi connectivity index (χ4n) is 3.02. The van der Waals surface area contributed by atoms with Crippen molar-refractivity contribution in [1.29, 1.82) is 0 Å². The standard InChI is InChI=1S/C20H19N3O5/c1-20(10-16(23-28-20)12-3-6-14(26-2)7-4-12)19(25)21-13-5-8-15-17(9-13)27-11-18(24)22-15/h3-9H,10-11H2,1-2H3,(H,21,25)(H,22,24). The molecule has 0 fully saturated rings. The summed E-state index contributed by atoms with van der Waals surface area (Å²) in [6.45, 7) is 1.64. The Bertz CT molecular complexity index is 970. The van der Waals surface area contributed by atoms with Gasteiger partial charge >= 0.3 is 0 Å². The van der Waals surface area contributed by atoms with E-state index in [2.05, 4.69) is 15.8 Å². The van der Waals surface area contributed by atoms with Crippen LogP contribution in [0.5, 0.6) is 11.5 Å². The van der Waals surface area contributed by atoms with Crippen LogP contribution in [0.4, 0.5) is 11.4 Å². The molecule has 0 spiro atoms. The van der Waals surface area contributed by atoms with E-state index in [1.165, 1.54) is 0 Å². The number of amides is 2.